The Kier molecular flexibility index (Phi) is 3.88. The third-order valence-electron chi connectivity index (χ3n) is 2.57. The Morgan fingerprint density at radius 2 is 2.19 bits per heavy atom. The number of rotatable bonds is 5. The van der Waals surface area contributed by atoms with Gasteiger partial charge in [-0.05, 0) is 18.7 Å². The summed E-state index contributed by atoms with van der Waals surface area (Å²) in [4.78, 5) is 10.8. The maximum absolute atomic E-state index is 4.52. The Morgan fingerprint density at radius 1 is 1.33 bits per heavy atom. The highest BCUT2D eigenvalue weighted by Gasteiger charge is 2.14. The Balaban J connectivity index is 1.96. The molecule has 0 aromatic carbocycles. The molecule has 0 aliphatic heterocycles. The highest BCUT2D eigenvalue weighted by molar-refractivity contribution is 8.01. The maximum Gasteiger partial charge on any atom is 0.225 e. The van der Waals surface area contributed by atoms with E-state index in [9.17, 15) is 0 Å². The molecule has 0 atom stereocenters. The highest BCUT2D eigenvalue weighted by atomic mass is 32.2. The SMILES string of the molecule is CCNc1nc(Sc2nnc(N(C)C)s2)c2cn[nH]c2n1. The first-order valence-electron chi connectivity index (χ1n) is 6.31. The second-order valence-electron chi connectivity index (χ2n) is 4.36. The van der Waals surface area contributed by atoms with Crippen LogP contribution >= 0.6 is 23.1 Å². The molecule has 0 saturated heterocycles. The van der Waals surface area contributed by atoms with E-state index in [-0.39, 0.29) is 0 Å². The van der Waals surface area contributed by atoms with E-state index in [1.807, 2.05) is 25.9 Å². The number of fused-ring (bicyclic) bond motifs is 1. The van der Waals surface area contributed by atoms with Crippen molar-refractivity contribution < 1.29 is 0 Å². The van der Waals surface area contributed by atoms with Gasteiger partial charge in [0.25, 0.3) is 0 Å². The average Bonchev–Trinajstić information content (AvgIpc) is 3.07. The molecule has 3 rings (SSSR count). The number of H-pyrrole nitrogens is 1. The van der Waals surface area contributed by atoms with Gasteiger partial charge in [-0.2, -0.15) is 10.1 Å². The molecule has 0 amide bonds. The topological polar surface area (TPSA) is 95.5 Å². The lowest BCUT2D eigenvalue weighted by molar-refractivity contribution is 0.970. The van der Waals surface area contributed by atoms with Crippen LogP contribution in [0, 0.1) is 0 Å². The third-order valence-corrected chi connectivity index (χ3v) is 4.72. The molecule has 0 aliphatic rings. The Morgan fingerprint density at radius 3 is 2.90 bits per heavy atom. The molecule has 10 heteroatoms. The van der Waals surface area contributed by atoms with E-state index in [1.54, 1.807) is 6.20 Å². The van der Waals surface area contributed by atoms with E-state index in [0.29, 0.717) is 11.6 Å². The van der Waals surface area contributed by atoms with Crippen LogP contribution in [0.5, 0.6) is 0 Å². The zero-order valence-corrected chi connectivity index (χ0v) is 13.4. The molecule has 0 bridgehead atoms. The summed E-state index contributed by atoms with van der Waals surface area (Å²) < 4.78 is 0.836. The minimum absolute atomic E-state index is 0.578. The lowest BCUT2D eigenvalue weighted by Gasteiger charge is -2.05. The second kappa shape index (κ2) is 5.82. The number of hydrogen-bond donors (Lipinski definition) is 2. The fraction of sp³-hybridized carbons (Fsp3) is 0.364. The van der Waals surface area contributed by atoms with Crippen molar-refractivity contribution in [3.63, 3.8) is 0 Å². The molecule has 3 aromatic rings. The summed E-state index contributed by atoms with van der Waals surface area (Å²) in [5, 5.41) is 20.9. The molecule has 0 saturated carbocycles. The minimum atomic E-state index is 0.578. The minimum Gasteiger partial charge on any atom is -0.354 e. The fourth-order valence-electron chi connectivity index (χ4n) is 1.63. The van der Waals surface area contributed by atoms with Gasteiger partial charge in [0, 0.05) is 20.6 Å². The predicted molar refractivity (Wildman–Crippen MR) is 84.2 cm³/mol. The maximum atomic E-state index is 4.52. The van der Waals surface area contributed by atoms with Gasteiger partial charge in [0.15, 0.2) is 9.99 Å². The van der Waals surface area contributed by atoms with Gasteiger partial charge in [-0.25, -0.2) is 4.98 Å². The van der Waals surface area contributed by atoms with Gasteiger partial charge in [-0.1, -0.05) is 11.3 Å². The first kappa shape index (κ1) is 14.0. The van der Waals surface area contributed by atoms with Gasteiger partial charge in [-0.3, -0.25) is 5.10 Å². The second-order valence-corrected chi connectivity index (χ2v) is 6.55. The number of aromatic nitrogens is 6. The van der Waals surface area contributed by atoms with Crippen molar-refractivity contribution in [1.82, 2.24) is 30.4 Å². The lowest BCUT2D eigenvalue weighted by Crippen LogP contribution is -2.07. The van der Waals surface area contributed by atoms with Crippen LogP contribution in [0.2, 0.25) is 0 Å². The van der Waals surface area contributed by atoms with Gasteiger partial charge in [-0.15, -0.1) is 10.2 Å². The number of anilines is 2. The van der Waals surface area contributed by atoms with Crippen LogP contribution in [0.25, 0.3) is 11.0 Å². The molecular weight excluding hydrogens is 308 g/mol. The van der Waals surface area contributed by atoms with Crippen molar-refractivity contribution in [3.8, 4) is 0 Å². The van der Waals surface area contributed by atoms with Crippen molar-refractivity contribution in [2.75, 3.05) is 30.9 Å². The van der Waals surface area contributed by atoms with E-state index in [0.717, 1.165) is 26.4 Å². The standard InChI is InChI=1S/C11H14N8S2/c1-4-12-9-14-7-6(5-13-16-7)8(15-9)20-11-18-17-10(21-11)19(2)3/h5H,4H2,1-3H3,(H2,12,13,14,15,16). The van der Waals surface area contributed by atoms with Crippen molar-refractivity contribution in [2.24, 2.45) is 0 Å². The normalized spacial score (nSPS) is 11.0. The van der Waals surface area contributed by atoms with E-state index in [4.69, 9.17) is 0 Å². The monoisotopic (exact) mass is 322 g/mol. The van der Waals surface area contributed by atoms with Crippen LogP contribution in [0.15, 0.2) is 15.6 Å². The molecule has 0 spiro atoms. The van der Waals surface area contributed by atoms with Crippen LogP contribution in [-0.2, 0) is 0 Å². The Bertz CT molecular complexity index is 750. The largest absolute Gasteiger partial charge is 0.354 e. The van der Waals surface area contributed by atoms with Crippen LogP contribution < -0.4 is 10.2 Å². The van der Waals surface area contributed by atoms with Crippen LogP contribution in [0.1, 0.15) is 6.92 Å². The third kappa shape index (κ3) is 2.90. The zero-order chi connectivity index (χ0) is 14.8. The Labute approximate surface area is 129 Å². The molecule has 0 aliphatic carbocycles. The van der Waals surface area contributed by atoms with Crippen LogP contribution in [0.3, 0.4) is 0 Å². The van der Waals surface area contributed by atoms with Gasteiger partial charge >= 0.3 is 0 Å². The summed E-state index contributed by atoms with van der Waals surface area (Å²) in [6, 6.07) is 0. The average molecular weight is 322 g/mol. The fourth-order valence-corrected chi connectivity index (χ4v) is 3.40. The first-order valence-corrected chi connectivity index (χ1v) is 7.94. The molecule has 2 N–H and O–H groups in total. The van der Waals surface area contributed by atoms with E-state index < -0.39 is 0 Å². The van der Waals surface area contributed by atoms with Crippen molar-refractivity contribution in [2.45, 2.75) is 16.3 Å². The molecule has 3 aromatic heterocycles. The summed E-state index contributed by atoms with van der Waals surface area (Å²) in [6.07, 6.45) is 1.72. The van der Waals surface area contributed by atoms with Crippen molar-refractivity contribution in [3.05, 3.63) is 6.20 Å². The molecule has 110 valence electrons. The molecule has 21 heavy (non-hydrogen) atoms. The molecule has 8 nitrogen and oxygen atoms in total. The molecule has 0 fully saturated rings. The predicted octanol–water partition coefficient (Wildman–Crippen LogP) is 1.85. The summed E-state index contributed by atoms with van der Waals surface area (Å²) in [7, 11) is 3.88. The van der Waals surface area contributed by atoms with Gasteiger partial charge in [0.2, 0.25) is 11.1 Å². The first-order chi connectivity index (χ1) is 10.2. The number of nitrogens with one attached hydrogen (secondary N) is 2. The van der Waals surface area contributed by atoms with Crippen LogP contribution in [0.4, 0.5) is 11.1 Å². The summed E-state index contributed by atoms with van der Waals surface area (Å²) in [5.41, 5.74) is 0.709. The van der Waals surface area contributed by atoms with E-state index >= 15 is 0 Å². The molecular formula is C11H14N8S2. The molecule has 0 unspecified atom stereocenters. The van der Waals surface area contributed by atoms with Gasteiger partial charge in [0.05, 0.1) is 11.6 Å². The van der Waals surface area contributed by atoms with E-state index in [1.165, 1.54) is 23.1 Å². The highest BCUT2D eigenvalue weighted by Crippen LogP contribution is 2.35. The number of hydrogen-bond acceptors (Lipinski definition) is 9. The van der Waals surface area contributed by atoms with Gasteiger partial charge < -0.3 is 10.2 Å². The summed E-state index contributed by atoms with van der Waals surface area (Å²) in [5.74, 6) is 0.578. The zero-order valence-electron chi connectivity index (χ0n) is 11.8. The number of nitrogens with zero attached hydrogens (tertiary/aromatic N) is 6. The summed E-state index contributed by atoms with van der Waals surface area (Å²) in [6.45, 7) is 2.76. The van der Waals surface area contributed by atoms with Crippen LogP contribution in [-0.4, -0.2) is 51.0 Å². The molecule has 0 radical (unpaired) electrons. The van der Waals surface area contributed by atoms with Crippen molar-refractivity contribution >= 4 is 45.2 Å². The smallest absolute Gasteiger partial charge is 0.225 e. The van der Waals surface area contributed by atoms with Gasteiger partial charge in [0.1, 0.15) is 5.03 Å². The quantitative estimate of drug-likeness (QED) is 0.687. The van der Waals surface area contributed by atoms with Crippen molar-refractivity contribution in [1.29, 1.82) is 0 Å². The van der Waals surface area contributed by atoms with E-state index in [2.05, 4.69) is 35.7 Å². The molecule has 3 heterocycles. The Hall–Kier alpha value is -1.94. The lowest BCUT2D eigenvalue weighted by atomic mass is 10.4. The number of aromatic amines is 1. The summed E-state index contributed by atoms with van der Waals surface area (Å²) >= 11 is 2.99.